The fourth-order valence-corrected chi connectivity index (χ4v) is 4.57. The predicted molar refractivity (Wildman–Crippen MR) is 126 cm³/mol. The maximum absolute atomic E-state index is 13.4. The first-order valence-electron chi connectivity index (χ1n) is 10.2. The van der Waals surface area contributed by atoms with Gasteiger partial charge in [-0.05, 0) is 86.3 Å². The van der Waals surface area contributed by atoms with Crippen molar-refractivity contribution in [3.8, 4) is 0 Å². The highest BCUT2D eigenvalue weighted by Gasteiger charge is 2.16. The van der Waals surface area contributed by atoms with Gasteiger partial charge in [-0.2, -0.15) is 0 Å². The summed E-state index contributed by atoms with van der Waals surface area (Å²) in [4.78, 5) is 26.8. The van der Waals surface area contributed by atoms with E-state index in [1.165, 1.54) is 0 Å². The quantitative estimate of drug-likeness (QED) is 0.348. The Bertz CT molecular complexity index is 1560. The van der Waals surface area contributed by atoms with Gasteiger partial charge < -0.3 is 9.13 Å². The number of hydrogen-bond acceptors (Lipinski definition) is 2. The number of rotatable bonds is 0. The van der Waals surface area contributed by atoms with Crippen LogP contribution in [0, 0.1) is 27.7 Å². The fourth-order valence-electron chi connectivity index (χ4n) is 4.57. The normalized spacial score (nSPS) is 11.9. The first kappa shape index (κ1) is 18.6. The molecule has 4 heteroatoms. The van der Waals surface area contributed by atoms with Crippen LogP contribution in [0.5, 0.6) is 0 Å². The van der Waals surface area contributed by atoms with E-state index in [1.54, 1.807) is 0 Å². The molecule has 5 rings (SSSR count). The Morgan fingerprint density at radius 1 is 0.467 bits per heavy atom. The van der Waals surface area contributed by atoms with Crippen LogP contribution in [0.15, 0.2) is 46.0 Å². The molecular formula is C26H24N2O2. The smallest absolute Gasteiger partial charge is 0.197 e. The molecule has 2 heterocycles. The van der Waals surface area contributed by atoms with Crippen molar-refractivity contribution in [1.82, 2.24) is 9.13 Å². The van der Waals surface area contributed by atoms with E-state index in [9.17, 15) is 9.59 Å². The van der Waals surface area contributed by atoms with Crippen molar-refractivity contribution in [1.29, 1.82) is 0 Å². The molecule has 0 bridgehead atoms. The molecule has 0 spiro atoms. The molecule has 0 N–H and O–H groups in total. The Kier molecular flexibility index (Phi) is 3.75. The number of aryl methyl sites for hydroxylation is 6. The highest BCUT2D eigenvalue weighted by atomic mass is 16.1. The Balaban J connectivity index is 2.06. The summed E-state index contributed by atoms with van der Waals surface area (Å²) in [7, 11) is 3.92. The van der Waals surface area contributed by atoms with Gasteiger partial charge in [0.2, 0.25) is 0 Å². The maximum Gasteiger partial charge on any atom is 0.197 e. The van der Waals surface area contributed by atoms with E-state index in [0.717, 1.165) is 44.3 Å². The molecule has 0 fully saturated rings. The third-order valence-electron chi connectivity index (χ3n) is 6.76. The molecule has 30 heavy (non-hydrogen) atoms. The summed E-state index contributed by atoms with van der Waals surface area (Å²) in [5, 5.41) is 2.70. The van der Waals surface area contributed by atoms with E-state index in [-0.39, 0.29) is 10.9 Å². The summed E-state index contributed by atoms with van der Waals surface area (Å²) < 4.78 is 4.06. The van der Waals surface area contributed by atoms with Crippen LogP contribution in [0.25, 0.3) is 43.6 Å². The van der Waals surface area contributed by atoms with Crippen molar-refractivity contribution in [2.75, 3.05) is 0 Å². The van der Waals surface area contributed by atoms with Gasteiger partial charge in [0, 0.05) is 35.6 Å². The highest BCUT2D eigenvalue weighted by molar-refractivity contribution is 6.04. The summed E-state index contributed by atoms with van der Waals surface area (Å²) in [5.41, 5.74) is 7.85. The lowest BCUT2D eigenvalue weighted by Gasteiger charge is -2.16. The monoisotopic (exact) mass is 396 g/mol. The third kappa shape index (κ3) is 2.34. The van der Waals surface area contributed by atoms with Crippen LogP contribution < -0.4 is 10.9 Å². The number of pyridine rings is 2. The van der Waals surface area contributed by atoms with E-state index in [1.807, 2.05) is 61.3 Å². The maximum atomic E-state index is 13.4. The van der Waals surface area contributed by atoms with Gasteiger partial charge in [0.15, 0.2) is 10.9 Å². The molecule has 0 unspecified atom stereocenters. The lowest BCUT2D eigenvalue weighted by molar-refractivity contribution is 0.991. The van der Waals surface area contributed by atoms with Crippen molar-refractivity contribution >= 4 is 43.6 Å². The Labute approximate surface area is 174 Å². The zero-order valence-electron chi connectivity index (χ0n) is 18.2. The standard InChI is InChI=1S/C26H24N2O2/c1-13-7-17-21(9-15(13)3)27(5)23-12-20-24(11-19(23)25(17)29)28(6)22-10-16(4)14(2)8-18(22)26(20)30/h7-12H,1-6H3. The van der Waals surface area contributed by atoms with Gasteiger partial charge in [0.05, 0.1) is 22.1 Å². The molecule has 5 aromatic rings. The molecule has 0 atom stereocenters. The van der Waals surface area contributed by atoms with Crippen LogP contribution in [0.3, 0.4) is 0 Å². The van der Waals surface area contributed by atoms with Crippen molar-refractivity contribution in [3.63, 3.8) is 0 Å². The van der Waals surface area contributed by atoms with E-state index in [4.69, 9.17) is 0 Å². The molecule has 0 aliphatic heterocycles. The molecular weight excluding hydrogens is 372 g/mol. The van der Waals surface area contributed by atoms with Crippen LogP contribution >= 0.6 is 0 Å². The molecule has 2 aromatic heterocycles. The van der Waals surface area contributed by atoms with Gasteiger partial charge >= 0.3 is 0 Å². The third-order valence-corrected chi connectivity index (χ3v) is 6.76. The number of nitrogens with zero attached hydrogens (tertiary/aromatic N) is 2. The lowest BCUT2D eigenvalue weighted by Crippen LogP contribution is -2.14. The molecule has 3 aromatic carbocycles. The van der Waals surface area contributed by atoms with Crippen LogP contribution in [0.4, 0.5) is 0 Å². The average Bonchev–Trinajstić information content (AvgIpc) is 2.72. The Morgan fingerprint density at radius 2 is 0.733 bits per heavy atom. The van der Waals surface area contributed by atoms with E-state index in [0.29, 0.717) is 21.5 Å². The molecule has 0 saturated carbocycles. The molecule has 0 amide bonds. The van der Waals surface area contributed by atoms with Gasteiger partial charge in [0.1, 0.15) is 0 Å². The summed E-state index contributed by atoms with van der Waals surface area (Å²) in [6, 6.07) is 11.8. The Morgan fingerprint density at radius 3 is 1.10 bits per heavy atom. The molecule has 0 saturated heterocycles. The van der Waals surface area contributed by atoms with E-state index in [2.05, 4.69) is 26.0 Å². The van der Waals surface area contributed by atoms with Crippen molar-refractivity contribution in [3.05, 3.63) is 79.1 Å². The lowest BCUT2D eigenvalue weighted by atomic mass is 10.0. The predicted octanol–water partition coefficient (Wildman–Crippen LogP) is 4.93. The largest absolute Gasteiger partial charge is 0.343 e. The Hall–Kier alpha value is -3.40. The minimum atomic E-state index is 0.00994. The van der Waals surface area contributed by atoms with E-state index >= 15 is 0 Å². The van der Waals surface area contributed by atoms with Gasteiger partial charge in [-0.15, -0.1) is 0 Å². The SMILES string of the molecule is Cc1cc2c(=O)c3cc4c(cc3n(C)c2cc1C)c(=O)c1cc(C)c(C)cc1n4C. The summed E-state index contributed by atoms with van der Waals surface area (Å²) >= 11 is 0. The van der Waals surface area contributed by atoms with Crippen molar-refractivity contribution in [2.24, 2.45) is 14.1 Å². The number of benzene rings is 3. The first-order chi connectivity index (χ1) is 14.2. The average molecular weight is 396 g/mol. The van der Waals surface area contributed by atoms with Crippen molar-refractivity contribution in [2.45, 2.75) is 27.7 Å². The molecule has 150 valence electrons. The fraction of sp³-hybridized carbons (Fsp3) is 0.231. The zero-order chi connectivity index (χ0) is 21.5. The minimum Gasteiger partial charge on any atom is -0.343 e. The van der Waals surface area contributed by atoms with Crippen LogP contribution in [-0.2, 0) is 14.1 Å². The van der Waals surface area contributed by atoms with Gasteiger partial charge in [-0.1, -0.05) is 0 Å². The summed E-state index contributed by atoms with van der Waals surface area (Å²) in [6.07, 6.45) is 0. The molecule has 0 radical (unpaired) electrons. The number of hydrogen-bond donors (Lipinski definition) is 0. The number of fused-ring (bicyclic) bond motifs is 4. The van der Waals surface area contributed by atoms with Crippen LogP contribution in [-0.4, -0.2) is 9.13 Å². The minimum absolute atomic E-state index is 0.00994. The zero-order valence-corrected chi connectivity index (χ0v) is 18.2. The van der Waals surface area contributed by atoms with Gasteiger partial charge in [-0.3, -0.25) is 9.59 Å². The van der Waals surface area contributed by atoms with E-state index < -0.39 is 0 Å². The molecule has 0 aliphatic carbocycles. The molecule has 0 aliphatic rings. The van der Waals surface area contributed by atoms with Gasteiger partial charge in [-0.25, -0.2) is 0 Å². The number of aromatic nitrogens is 2. The highest BCUT2D eigenvalue weighted by Crippen LogP contribution is 2.27. The molecule has 4 nitrogen and oxygen atoms in total. The second-order valence-corrected chi connectivity index (χ2v) is 8.57. The van der Waals surface area contributed by atoms with Crippen LogP contribution in [0.2, 0.25) is 0 Å². The summed E-state index contributed by atoms with van der Waals surface area (Å²) in [6.45, 7) is 8.16. The van der Waals surface area contributed by atoms with Gasteiger partial charge in [0.25, 0.3) is 0 Å². The van der Waals surface area contributed by atoms with Crippen molar-refractivity contribution < 1.29 is 0 Å². The van der Waals surface area contributed by atoms with Crippen LogP contribution in [0.1, 0.15) is 22.3 Å². The second kappa shape index (κ2) is 6.05. The summed E-state index contributed by atoms with van der Waals surface area (Å²) in [5.74, 6) is 0. The topological polar surface area (TPSA) is 44.0 Å². The first-order valence-corrected chi connectivity index (χ1v) is 10.2. The second-order valence-electron chi connectivity index (χ2n) is 8.57.